The molecule has 0 heterocycles. The Kier molecular flexibility index (Phi) is 4.52. The van der Waals surface area contributed by atoms with Gasteiger partial charge in [-0.05, 0) is 49.3 Å². The Morgan fingerprint density at radius 3 is 2.20 bits per heavy atom. The van der Waals surface area contributed by atoms with Gasteiger partial charge in [-0.1, -0.05) is 25.4 Å². The Bertz CT molecular complexity index is 463. The van der Waals surface area contributed by atoms with Crippen molar-refractivity contribution in [3.05, 3.63) is 28.8 Å². The summed E-state index contributed by atoms with van der Waals surface area (Å²) in [4.78, 5) is 0. The molecule has 0 radical (unpaired) electrons. The van der Waals surface area contributed by atoms with Crippen LogP contribution < -0.4 is 5.32 Å². The number of anilines is 1. The highest BCUT2D eigenvalue weighted by Crippen LogP contribution is 2.36. The quantitative estimate of drug-likeness (QED) is 0.750. The Morgan fingerprint density at radius 2 is 1.70 bits per heavy atom. The highest BCUT2D eigenvalue weighted by Gasteiger charge is 2.31. The Labute approximate surface area is 122 Å². The van der Waals surface area contributed by atoms with E-state index in [4.69, 9.17) is 11.6 Å². The molecule has 1 nitrogen and oxygen atoms in total. The molecule has 1 fully saturated rings. The summed E-state index contributed by atoms with van der Waals surface area (Å²) >= 11 is 5.96. The number of alkyl halides is 3. The summed E-state index contributed by atoms with van der Waals surface area (Å²) in [5, 5.41) is 3.42. The summed E-state index contributed by atoms with van der Waals surface area (Å²) in [6, 6.07) is 3.77. The second-order valence-corrected chi connectivity index (χ2v) is 6.36. The van der Waals surface area contributed by atoms with Gasteiger partial charge in [0, 0.05) is 6.04 Å². The van der Waals surface area contributed by atoms with Gasteiger partial charge in [0.05, 0.1) is 16.3 Å². The second-order valence-electron chi connectivity index (χ2n) is 5.95. The summed E-state index contributed by atoms with van der Waals surface area (Å²) in [6.07, 6.45) is -1.08. The summed E-state index contributed by atoms with van der Waals surface area (Å²) in [7, 11) is 0. The van der Waals surface area contributed by atoms with Crippen molar-refractivity contribution in [3.63, 3.8) is 0 Å². The lowest BCUT2D eigenvalue weighted by Gasteiger charge is -2.32. The first-order valence-electron chi connectivity index (χ1n) is 6.89. The van der Waals surface area contributed by atoms with Crippen LogP contribution in [0.2, 0.25) is 5.02 Å². The van der Waals surface area contributed by atoms with E-state index in [1.807, 2.05) is 0 Å². The van der Waals surface area contributed by atoms with E-state index in [9.17, 15) is 13.2 Å². The Hall–Kier alpha value is -0.900. The molecule has 1 saturated carbocycles. The maximum atomic E-state index is 12.6. The van der Waals surface area contributed by atoms with Crippen molar-refractivity contribution in [2.24, 2.45) is 11.8 Å². The topological polar surface area (TPSA) is 12.0 Å². The minimum Gasteiger partial charge on any atom is -0.381 e. The van der Waals surface area contributed by atoms with Gasteiger partial charge in [0.25, 0.3) is 0 Å². The van der Waals surface area contributed by atoms with Crippen LogP contribution in [0, 0.1) is 11.8 Å². The Balaban J connectivity index is 2.10. The third kappa shape index (κ3) is 3.81. The van der Waals surface area contributed by atoms with Gasteiger partial charge < -0.3 is 5.32 Å². The standard InChI is InChI=1S/C15H19ClF3N/c1-9-5-10(2)7-12(6-9)20-14-4-3-11(8-13(14)16)15(17,18)19/h3-4,8-10,12,20H,5-7H2,1-2H3. The van der Waals surface area contributed by atoms with Crippen LogP contribution in [0.25, 0.3) is 0 Å². The van der Waals surface area contributed by atoms with Crippen molar-refractivity contribution < 1.29 is 13.2 Å². The van der Waals surface area contributed by atoms with Gasteiger partial charge in [-0.25, -0.2) is 0 Å². The first-order valence-corrected chi connectivity index (χ1v) is 7.26. The molecule has 20 heavy (non-hydrogen) atoms. The maximum absolute atomic E-state index is 12.6. The van der Waals surface area contributed by atoms with E-state index in [1.165, 1.54) is 12.5 Å². The van der Waals surface area contributed by atoms with Gasteiger partial charge in [0.2, 0.25) is 0 Å². The number of benzene rings is 1. The van der Waals surface area contributed by atoms with Crippen molar-refractivity contribution in [1.29, 1.82) is 0 Å². The van der Waals surface area contributed by atoms with Crippen molar-refractivity contribution >= 4 is 17.3 Å². The first kappa shape index (κ1) is 15.5. The molecule has 2 rings (SSSR count). The van der Waals surface area contributed by atoms with Gasteiger partial charge >= 0.3 is 6.18 Å². The predicted octanol–water partition coefficient (Wildman–Crippen LogP) is 5.60. The van der Waals surface area contributed by atoms with E-state index in [2.05, 4.69) is 19.2 Å². The molecule has 2 atom stereocenters. The molecule has 0 amide bonds. The predicted molar refractivity (Wildman–Crippen MR) is 76.0 cm³/mol. The largest absolute Gasteiger partial charge is 0.416 e. The molecule has 0 aromatic heterocycles. The average Bonchev–Trinajstić information content (AvgIpc) is 2.29. The maximum Gasteiger partial charge on any atom is 0.416 e. The third-order valence-corrected chi connectivity index (χ3v) is 4.15. The van der Waals surface area contributed by atoms with Crippen molar-refractivity contribution in [3.8, 4) is 0 Å². The van der Waals surface area contributed by atoms with Crippen molar-refractivity contribution in [2.45, 2.75) is 45.3 Å². The van der Waals surface area contributed by atoms with Crippen LogP contribution in [0.1, 0.15) is 38.7 Å². The number of hydrogen-bond donors (Lipinski definition) is 1. The summed E-state index contributed by atoms with van der Waals surface area (Å²) in [5.41, 5.74) is -0.121. The fourth-order valence-electron chi connectivity index (χ4n) is 3.09. The minimum absolute atomic E-state index is 0.130. The van der Waals surface area contributed by atoms with Crippen LogP contribution in [0.5, 0.6) is 0 Å². The number of halogens is 4. The van der Waals surface area contributed by atoms with Crippen LogP contribution >= 0.6 is 11.6 Å². The molecule has 1 aliphatic rings. The number of hydrogen-bond acceptors (Lipinski definition) is 1. The fraction of sp³-hybridized carbons (Fsp3) is 0.600. The molecular weight excluding hydrogens is 287 g/mol. The molecule has 0 spiro atoms. The van der Waals surface area contributed by atoms with Crippen LogP contribution in [-0.2, 0) is 6.18 Å². The first-order chi connectivity index (χ1) is 9.25. The molecule has 1 aliphatic carbocycles. The molecule has 1 N–H and O–H groups in total. The molecule has 1 aromatic rings. The Morgan fingerprint density at radius 1 is 1.10 bits per heavy atom. The van der Waals surface area contributed by atoms with Gasteiger partial charge in [0.1, 0.15) is 0 Å². The summed E-state index contributed by atoms with van der Waals surface area (Å²) in [5.74, 6) is 1.26. The second kappa shape index (κ2) is 5.84. The van der Waals surface area contributed by atoms with Crippen molar-refractivity contribution in [1.82, 2.24) is 0 Å². The van der Waals surface area contributed by atoms with E-state index in [0.29, 0.717) is 17.5 Å². The normalized spacial score (nSPS) is 27.4. The molecule has 1 aromatic carbocycles. The zero-order valence-electron chi connectivity index (χ0n) is 11.6. The lowest BCUT2D eigenvalue weighted by atomic mass is 9.80. The smallest absolute Gasteiger partial charge is 0.381 e. The lowest BCUT2D eigenvalue weighted by Crippen LogP contribution is -2.30. The van der Waals surface area contributed by atoms with Gasteiger partial charge in [-0.3, -0.25) is 0 Å². The highest BCUT2D eigenvalue weighted by molar-refractivity contribution is 6.33. The van der Waals surface area contributed by atoms with E-state index < -0.39 is 11.7 Å². The van der Waals surface area contributed by atoms with Gasteiger partial charge in [-0.15, -0.1) is 0 Å². The zero-order valence-corrected chi connectivity index (χ0v) is 12.4. The van der Waals surface area contributed by atoms with Crippen molar-refractivity contribution in [2.75, 3.05) is 5.32 Å². The van der Waals surface area contributed by atoms with E-state index >= 15 is 0 Å². The van der Waals surface area contributed by atoms with Crippen LogP contribution in [0.3, 0.4) is 0 Å². The highest BCUT2D eigenvalue weighted by atomic mass is 35.5. The van der Waals surface area contributed by atoms with Gasteiger partial charge in [0.15, 0.2) is 0 Å². The minimum atomic E-state index is -4.35. The van der Waals surface area contributed by atoms with Crippen LogP contribution in [0.15, 0.2) is 18.2 Å². The SMILES string of the molecule is CC1CC(C)CC(Nc2ccc(C(F)(F)F)cc2Cl)C1. The molecule has 5 heteroatoms. The molecular formula is C15H19ClF3N. The molecule has 112 valence electrons. The number of nitrogens with one attached hydrogen (secondary N) is 1. The van der Waals surface area contributed by atoms with E-state index in [-0.39, 0.29) is 11.1 Å². The zero-order chi connectivity index (χ0) is 14.9. The van der Waals surface area contributed by atoms with Crippen LogP contribution in [0.4, 0.5) is 18.9 Å². The fourth-order valence-corrected chi connectivity index (χ4v) is 3.33. The molecule has 0 saturated heterocycles. The molecule has 0 bridgehead atoms. The molecule has 2 unspecified atom stereocenters. The summed E-state index contributed by atoms with van der Waals surface area (Å²) in [6.45, 7) is 4.41. The van der Waals surface area contributed by atoms with Crippen LogP contribution in [-0.4, -0.2) is 6.04 Å². The monoisotopic (exact) mass is 305 g/mol. The molecule has 0 aliphatic heterocycles. The lowest BCUT2D eigenvalue weighted by molar-refractivity contribution is -0.137. The van der Waals surface area contributed by atoms with E-state index in [0.717, 1.165) is 25.0 Å². The van der Waals surface area contributed by atoms with E-state index in [1.54, 1.807) is 0 Å². The van der Waals surface area contributed by atoms with Gasteiger partial charge in [-0.2, -0.15) is 13.2 Å². The third-order valence-electron chi connectivity index (χ3n) is 3.83. The summed E-state index contributed by atoms with van der Waals surface area (Å²) < 4.78 is 37.7. The number of rotatable bonds is 2. The average molecular weight is 306 g/mol.